The van der Waals surface area contributed by atoms with E-state index >= 15 is 0 Å². The molecule has 0 heterocycles. The van der Waals surface area contributed by atoms with Crippen molar-refractivity contribution in [3.05, 3.63) is 28.3 Å². The van der Waals surface area contributed by atoms with Crippen molar-refractivity contribution in [2.45, 2.75) is 58.8 Å². The molecular formula is C19H31ClN2O2. The van der Waals surface area contributed by atoms with Gasteiger partial charge in [-0.1, -0.05) is 19.9 Å². The number of nitrogens with one attached hydrogen (secondary N) is 1. The minimum atomic E-state index is 0. The van der Waals surface area contributed by atoms with E-state index < -0.39 is 0 Å². The summed E-state index contributed by atoms with van der Waals surface area (Å²) in [5.41, 5.74) is 7.01. The van der Waals surface area contributed by atoms with Crippen LogP contribution in [0.5, 0.6) is 0 Å². The fourth-order valence-corrected chi connectivity index (χ4v) is 3.97. The monoisotopic (exact) mass is 354 g/mol. The smallest absolute Gasteiger partial charge is 0.225 e. The highest BCUT2D eigenvalue weighted by Gasteiger charge is 2.24. The van der Waals surface area contributed by atoms with E-state index in [0.29, 0.717) is 6.42 Å². The van der Waals surface area contributed by atoms with Crippen LogP contribution in [0.25, 0.3) is 0 Å². The summed E-state index contributed by atoms with van der Waals surface area (Å²) in [7, 11) is 0. The first kappa shape index (κ1) is 20.9. The van der Waals surface area contributed by atoms with Crippen molar-refractivity contribution in [2.24, 2.45) is 0 Å². The predicted molar refractivity (Wildman–Crippen MR) is 102 cm³/mol. The summed E-state index contributed by atoms with van der Waals surface area (Å²) in [6.45, 7) is 7.19. The minimum absolute atomic E-state index is 0. The Morgan fingerprint density at radius 1 is 1.04 bits per heavy atom. The second-order valence-corrected chi connectivity index (χ2v) is 6.56. The van der Waals surface area contributed by atoms with Crippen LogP contribution in [0.4, 0.5) is 5.69 Å². The highest BCUT2D eigenvalue weighted by molar-refractivity contribution is 5.93. The number of halogens is 1. The number of anilines is 1. The number of nitrogens with zero attached hydrogens (tertiary/aromatic N) is 1. The zero-order valence-electron chi connectivity index (χ0n) is 14.9. The maximum atomic E-state index is 12.4. The van der Waals surface area contributed by atoms with Crippen molar-refractivity contribution in [3.63, 3.8) is 0 Å². The van der Waals surface area contributed by atoms with Gasteiger partial charge < -0.3 is 15.7 Å². The number of fused-ring (bicyclic) bond motifs is 2. The molecule has 3 N–H and O–H groups in total. The van der Waals surface area contributed by atoms with E-state index in [1.807, 2.05) is 0 Å². The van der Waals surface area contributed by atoms with Crippen LogP contribution < -0.4 is 5.32 Å². The number of carbonyl (C=O) groups is 1. The van der Waals surface area contributed by atoms with Gasteiger partial charge in [0.1, 0.15) is 0 Å². The quantitative estimate of drug-likeness (QED) is 0.853. The summed E-state index contributed by atoms with van der Waals surface area (Å²) in [6.07, 6.45) is 7.71. The van der Waals surface area contributed by atoms with Gasteiger partial charge in [-0.2, -0.15) is 0 Å². The molecule has 0 aliphatic heterocycles. The highest BCUT2D eigenvalue weighted by Crippen LogP contribution is 2.38. The Morgan fingerprint density at radius 3 is 2.08 bits per heavy atom. The third-order valence-electron chi connectivity index (χ3n) is 5.29. The van der Waals surface area contributed by atoms with Gasteiger partial charge in [-0.15, -0.1) is 12.4 Å². The van der Waals surface area contributed by atoms with Gasteiger partial charge in [0.05, 0.1) is 0 Å². The number of hydrogen-bond donors (Lipinski definition) is 1. The van der Waals surface area contributed by atoms with E-state index in [0.717, 1.165) is 32.5 Å². The molecule has 0 unspecified atom stereocenters. The number of hydrogen-bond acceptors (Lipinski definition) is 2. The molecule has 0 fully saturated rings. The lowest BCUT2D eigenvalue weighted by Gasteiger charge is -2.19. The summed E-state index contributed by atoms with van der Waals surface area (Å²) < 4.78 is 0. The molecule has 0 bridgehead atoms. The molecular weight excluding hydrogens is 324 g/mol. The third kappa shape index (κ3) is 4.29. The van der Waals surface area contributed by atoms with E-state index in [9.17, 15) is 4.79 Å². The molecule has 136 valence electrons. The van der Waals surface area contributed by atoms with Crippen LogP contribution in [0.2, 0.25) is 0 Å². The number of amides is 1. The summed E-state index contributed by atoms with van der Waals surface area (Å²) in [5, 5.41) is 3.28. The van der Waals surface area contributed by atoms with Crippen LogP contribution in [0.3, 0.4) is 0 Å². The van der Waals surface area contributed by atoms with Crippen molar-refractivity contribution in [1.82, 2.24) is 4.90 Å². The van der Waals surface area contributed by atoms with E-state index in [1.54, 1.807) is 0 Å². The van der Waals surface area contributed by atoms with Gasteiger partial charge in [0.15, 0.2) is 0 Å². The molecule has 0 saturated carbocycles. The zero-order chi connectivity index (χ0) is 15.5. The van der Waals surface area contributed by atoms with Gasteiger partial charge in [0.25, 0.3) is 0 Å². The van der Waals surface area contributed by atoms with E-state index in [4.69, 9.17) is 0 Å². The van der Waals surface area contributed by atoms with Gasteiger partial charge in [0.2, 0.25) is 5.91 Å². The van der Waals surface area contributed by atoms with Gasteiger partial charge in [-0.3, -0.25) is 4.79 Å². The standard InChI is InChI=1S/C19H28N2O.ClH.H2O/c1-3-21(4-2)12-11-18(22)20-19-16-9-5-7-14(16)13-15-8-6-10-17(15)19;;/h13H,3-12H2,1-2H3,(H,20,22);1H;1H2. The molecule has 1 aromatic carbocycles. The van der Waals surface area contributed by atoms with E-state index in [2.05, 4.69) is 30.1 Å². The van der Waals surface area contributed by atoms with E-state index in [1.165, 1.54) is 53.6 Å². The zero-order valence-corrected chi connectivity index (χ0v) is 15.7. The summed E-state index contributed by atoms with van der Waals surface area (Å²) >= 11 is 0. The minimum Gasteiger partial charge on any atom is -0.412 e. The molecule has 1 amide bonds. The van der Waals surface area contributed by atoms with Crippen molar-refractivity contribution in [2.75, 3.05) is 25.0 Å². The molecule has 24 heavy (non-hydrogen) atoms. The molecule has 0 saturated heterocycles. The molecule has 3 rings (SSSR count). The maximum Gasteiger partial charge on any atom is 0.225 e. The predicted octanol–water partition coefficient (Wildman–Crippen LogP) is 2.93. The topological polar surface area (TPSA) is 63.8 Å². The highest BCUT2D eigenvalue weighted by atomic mass is 35.5. The lowest BCUT2D eigenvalue weighted by Crippen LogP contribution is -2.27. The van der Waals surface area contributed by atoms with E-state index in [-0.39, 0.29) is 23.8 Å². The SMILES string of the molecule is CCN(CC)CCC(=O)Nc1c2c(cc3c1CCC3)CCC2.Cl.O. The van der Waals surface area contributed by atoms with Crippen LogP contribution in [0, 0.1) is 0 Å². The van der Waals surface area contributed by atoms with Crippen LogP contribution in [0.1, 0.15) is 55.4 Å². The fourth-order valence-electron chi connectivity index (χ4n) is 3.97. The Labute approximate surface area is 151 Å². The van der Waals surface area contributed by atoms with Crippen molar-refractivity contribution in [3.8, 4) is 0 Å². The van der Waals surface area contributed by atoms with Crippen LogP contribution in [0.15, 0.2) is 6.07 Å². The number of rotatable bonds is 6. The van der Waals surface area contributed by atoms with Crippen molar-refractivity contribution < 1.29 is 10.3 Å². The molecule has 0 spiro atoms. The molecule has 0 radical (unpaired) electrons. The molecule has 4 nitrogen and oxygen atoms in total. The van der Waals surface area contributed by atoms with Crippen LogP contribution >= 0.6 is 12.4 Å². The molecule has 0 aromatic heterocycles. The fraction of sp³-hybridized carbons (Fsp3) is 0.632. The average molecular weight is 355 g/mol. The number of benzene rings is 1. The second kappa shape index (κ2) is 9.40. The van der Waals surface area contributed by atoms with Gasteiger partial charge in [-0.05, 0) is 73.9 Å². The van der Waals surface area contributed by atoms with Gasteiger partial charge in [-0.25, -0.2) is 0 Å². The Bertz CT molecular complexity index is 539. The largest absolute Gasteiger partial charge is 0.412 e. The Morgan fingerprint density at radius 2 is 1.58 bits per heavy atom. The Balaban J connectivity index is 0.00000144. The third-order valence-corrected chi connectivity index (χ3v) is 5.29. The van der Waals surface area contributed by atoms with Gasteiger partial charge in [0, 0.05) is 18.7 Å². The summed E-state index contributed by atoms with van der Waals surface area (Å²) in [5.74, 6) is 0.182. The first-order valence-electron chi connectivity index (χ1n) is 8.91. The van der Waals surface area contributed by atoms with Crippen molar-refractivity contribution in [1.29, 1.82) is 0 Å². The summed E-state index contributed by atoms with van der Waals surface area (Å²) in [6, 6.07) is 2.41. The Kier molecular flexibility index (Phi) is 8.20. The van der Waals surface area contributed by atoms with Crippen LogP contribution in [-0.2, 0) is 30.5 Å². The molecule has 2 aliphatic rings. The maximum absolute atomic E-state index is 12.4. The second-order valence-electron chi connectivity index (χ2n) is 6.56. The molecule has 5 heteroatoms. The van der Waals surface area contributed by atoms with Crippen LogP contribution in [-0.4, -0.2) is 35.9 Å². The molecule has 1 aromatic rings. The first-order chi connectivity index (χ1) is 10.7. The lowest BCUT2D eigenvalue weighted by molar-refractivity contribution is -0.116. The number of aryl methyl sites for hydroxylation is 2. The Hall–Kier alpha value is -1.10. The summed E-state index contributed by atoms with van der Waals surface area (Å²) in [4.78, 5) is 14.7. The normalized spacial score (nSPS) is 14.6. The molecule has 0 atom stereocenters. The lowest BCUT2D eigenvalue weighted by atomic mass is 9.98. The first-order valence-corrected chi connectivity index (χ1v) is 8.91. The molecule has 2 aliphatic carbocycles. The van der Waals surface area contributed by atoms with Gasteiger partial charge >= 0.3 is 0 Å². The number of carbonyl (C=O) groups excluding carboxylic acids is 1. The average Bonchev–Trinajstić information content (AvgIpc) is 3.16. The van der Waals surface area contributed by atoms with Crippen molar-refractivity contribution >= 4 is 24.0 Å².